The van der Waals surface area contributed by atoms with Crippen LogP contribution in [0.1, 0.15) is 45.4 Å². The first-order chi connectivity index (χ1) is 16.2. The maximum atomic E-state index is 13.0. The molecule has 2 fully saturated rings. The SMILES string of the molecule is CC1CN(CCNC(=O)CCc2nc3cc(S(=O)(=O)N4CCCCC4)ccc3n2C)CC(C)O1. The van der Waals surface area contributed by atoms with Crippen molar-refractivity contribution in [3.8, 4) is 0 Å². The van der Waals surface area contributed by atoms with E-state index in [1.807, 2.05) is 17.7 Å². The van der Waals surface area contributed by atoms with Crippen LogP contribution < -0.4 is 5.32 Å². The molecule has 4 rings (SSSR count). The Kier molecular flexibility index (Phi) is 7.91. The number of nitrogens with one attached hydrogen (secondary N) is 1. The van der Waals surface area contributed by atoms with E-state index in [9.17, 15) is 13.2 Å². The van der Waals surface area contributed by atoms with Crippen LogP contribution in [0.4, 0.5) is 0 Å². The lowest BCUT2D eigenvalue weighted by Crippen LogP contribution is -2.47. The summed E-state index contributed by atoms with van der Waals surface area (Å²) >= 11 is 0. The molecule has 1 N–H and O–H groups in total. The average molecular weight is 492 g/mol. The fourth-order valence-corrected chi connectivity index (χ4v) is 6.54. The summed E-state index contributed by atoms with van der Waals surface area (Å²) in [4.78, 5) is 19.7. The van der Waals surface area contributed by atoms with Crippen molar-refractivity contribution < 1.29 is 17.9 Å². The average Bonchev–Trinajstić information content (AvgIpc) is 3.12. The molecule has 3 heterocycles. The number of aromatic nitrogens is 2. The van der Waals surface area contributed by atoms with Crippen molar-refractivity contribution in [3.05, 3.63) is 24.0 Å². The van der Waals surface area contributed by atoms with Crippen LogP contribution >= 0.6 is 0 Å². The number of carbonyl (C=O) groups excluding carboxylic acids is 1. The monoisotopic (exact) mass is 491 g/mol. The number of fused-ring (bicyclic) bond motifs is 1. The maximum absolute atomic E-state index is 13.0. The van der Waals surface area contributed by atoms with E-state index in [0.717, 1.165) is 50.2 Å². The summed E-state index contributed by atoms with van der Waals surface area (Å²) in [5, 5.41) is 3.01. The summed E-state index contributed by atoms with van der Waals surface area (Å²) in [7, 11) is -1.60. The van der Waals surface area contributed by atoms with Gasteiger partial charge in [0.05, 0.1) is 28.1 Å². The van der Waals surface area contributed by atoms with E-state index >= 15 is 0 Å². The van der Waals surface area contributed by atoms with E-state index in [-0.39, 0.29) is 23.0 Å². The van der Waals surface area contributed by atoms with Gasteiger partial charge < -0.3 is 14.6 Å². The number of rotatable bonds is 8. The molecule has 1 aromatic heterocycles. The molecule has 34 heavy (non-hydrogen) atoms. The van der Waals surface area contributed by atoms with Crippen molar-refractivity contribution in [2.45, 2.75) is 63.1 Å². The van der Waals surface area contributed by atoms with Crippen LogP contribution in [0.15, 0.2) is 23.1 Å². The third kappa shape index (κ3) is 5.79. The van der Waals surface area contributed by atoms with Crippen molar-refractivity contribution in [2.24, 2.45) is 7.05 Å². The summed E-state index contributed by atoms with van der Waals surface area (Å²) in [5.41, 5.74) is 1.51. The van der Waals surface area contributed by atoms with Gasteiger partial charge in [0.15, 0.2) is 0 Å². The number of sulfonamides is 1. The van der Waals surface area contributed by atoms with E-state index < -0.39 is 10.0 Å². The number of hydrogen-bond donors (Lipinski definition) is 1. The van der Waals surface area contributed by atoms with Gasteiger partial charge in [-0.1, -0.05) is 6.42 Å². The minimum Gasteiger partial charge on any atom is -0.373 e. The number of benzene rings is 1. The summed E-state index contributed by atoms with van der Waals surface area (Å²) in [6.07, 6.45) is 4.15. The number of aryl methyl sites for hydroxylation is 2. The lowest BCUT2D eigenvalue weighted by Gasteiger charge is -2.35. The minimum absolute atomic E-state index is 0.00484. The second kappa shape index (κ2) is 10.7. The molecule has 2 unspecified atom stereocenters. The molecule has 2 aromatic rings. The molecule has 2 atom stereocenters. The second-order valence-electron chi connectivity index (χ2n) is 9.57. The largest absolute Gasteiger partial charge is 0.373 e. The van der Waals surface area contributed by atoms with E-state index in [0.29, 0.717) is 38.0 Å². The Morgan fingerprint density at radius 1 is 1.15 bits per heavy atom. The first-order valence-corrected chi connectivity index (χ1v) is 13.8. The van der Waals surface area contributed by atoms with E-state index in [1.54, 1.807) is 16.4 Å². The molecular formula is C24H37N5O4S. The Morgan fingerprint density at radius 3 is 2.56 bits per heavy atom. The number of nitrogens with zero attached hydrogens (tertiary/aromatic N) is 4. The van der Waals surface area contributed by atoms with Crippen LogP contribution in [0.5, 0.6) is 0 Å². The zero-order valence-corrected chi connectivity index (χ0v) is 21.3. The number of carbonyl (C=O) groups is 1. The van der Waals surface area contributed by atoms with E-state index in [1.165, 1.54) is 0 Å². The zero-order chi connectivity index (χ0) is 24.3. The molecule has 0 aliphatic carbocycles. The topological polar surface area (TPSA) is 96.8 Å². The molecular weight excluding hydrogens is 454 g/mol. The minimum atomic E-state index is -3.50. The molecule has 2 saturated heterocycles. The van der Waals surface area contributed by atoms with Gasteiger partial charge in [-0.3, -0.25) is 9.69 Å². The van der Waals surface area contributed by atoms with Crippen LogP contribution in [-0.4, -0.2) is 84.6 Å². The molecule has 10 heteroatoms. The Bertz CT molecular complexity index is 1100. The highest BCUT2D eigenvalue weighted by Crippen LogP contribution is 2.25. The molecule has 2 aliphatic heterocycles. The van der Waals surface area contributed by atoms with Gasteiger partial charge in [0.25, 0.3) is 0 Å². The molecule has 0 radical (unpaired) electrons. The standard InChI is InChI=1S/C24H37N5O4S/c1-18-16-28(17-19(2)33-18)14-11-25-24(30)10-9-23-26-21-15-20(7-8-22(21)27(23)3)34(31,32)29-12-5-4-6-13-29/h7-8,15,18-19H,4-6,9-14,16-17H2,1-3H3,(H,25,30). The molecule has 0 spiro atoms. The Morgan fingerprint density at radius 2 is 1.85 bits per heavy atom. The summed E-state index contributed by atoms with van der Waals surface area (Å²) in [6.45, 7) is 8.49. The fraction of sp³-hybridized carbons (Fsp3) is 0.667. The number of ether oxygens (including phenoxy) is 1. The van der Waals surface area contributed by atoms with Gasteiger partial charge in [-0.05, 0) is 44.9 Å². The van der Waals surface area contributed by atoms with Gasteiger partial charge in [0.1, 0.15) is 5.82 Å². The third-order valence-corrected chi connectivity index (χ3v) is 8.61. The number of hydrogen-bond acceptors (Lipinski definition) is 6. The molecule has 2 aliphatic rings. The molecule has 0 saturated carbocycles. The lowest BCUT2D eigenvalue weighted by atomic mass is 10.2. The van der Waals surface area contributed by atoms with Crippen LogP contribution in [-0.2, 0) is 33.0 Å². The summed E-state index contributed by atoms with van der Waals surface area (Å²) in [5.74, 6) is 0.767. The van der Waals surface area contributed by atoms with Gasteiger partial charge in [0, 0.05) is 59.2 Å². The van der Waals surface area contributed by atoms with Crippen LogP contribution in [0, 0.1) is 0 Å². The summed E-state index contributed by atoms with van der Waals surface area (Å²) < 4.78 is 35.3. The normalized spacial score (nSPS) is 22.8. The van der Waals surface area contributed by atoms with Crippen molar-refractivity contribution in [1.82, 2.24) is 24.1 Å². The summed E-state index contributed by atoms with van der Waals surface area (Å²) in [6, 6.07) is 5.14. The molecule has 1 amide bonds. The third-order valence-electron chi connectivity index (χ3n) is 6.72. The van der Waals surface area contributed by atoms with Crippen LogP contribution in [0.2, 0.25) is 0 Å². The highest BCUT2D eigenvalue weighted by molar-refractivity contribution is 7.89. The molecule has 1 aromatic carbocycles. The van der Waals surface area contributed by atoms with Crippen LogP contribution in [0.3, 0.4) is 0 Å². The molecule has 0 bridgehead atoms. The van der Waals surface area contributed by atoms with Gasteiger partial charge in [-0.15, -0.1) is 0 Å². The number of imidazole rings is 1. The maximum Gasteiger partial charge on any atom is 0.243 e. The van der Waals surface area contributed by atoms with Crippen LogP contribution in [0.25, 0.3) is 11.0 Å². The van der Waals surface area contributed by atoms with Crippen molar-refractivity contribution in [3.63, 3.8) is 0 Å². The Labute approximate surface area is 202 Å². The molecule has 188 valence electrons. The lowest BCUT2D eigenvalue weighted by molar-refractivity contribution is -0.121. The predicted octanol–water partition coefficient (Wildman–Crippen LogP) is 1.91. The quantitative estimate of drug-likeness (QED) is 0.606. The van der Waals surface area contributed by atoms with E-state index in [4.69, 9.17) is 4.74 Å². The van der Waals surface area contributed by atoms with Crippen molar-refractivity contribution >= 4 is 27.0 Å². The smallest absolute Gasteiger partial charge is 0.243 e. The fourth-order valence-electron chi connectivity index (χ4n) is 5.00. The van der Waals surface area contributed by atoms with Gasteiger partial charge >= 0.3 is 0 Å². The van der Waals surface area contributed by atoms with Crippen molar-refractivity contribution in [1.29, 1.82) is 0 Å². The first-order valence-electron chi connectivity index (χ1n) is 12.3. The highest BCUT2D eigenvalue weighted by Gasteiger charge is 2.27. The second-order valence-corrected chi connectivity index (χ2v) is 11.5. The molecule has 9 nitrogen and oxygen atoms in total. The van der Waals surface area contributed by atoms with E-state index in [2.05, 4.69) is 29.0 Å². The van der Waals surface area contributed by atoms with Gasteiger partial charge in [0.2, 0.25) is 15.9 Å². The Hall–Kier alpha value is -2.01. The zero-order valence-electron chi connectivity index (χ0n) is 20.5. The predicted molar refractivity (Wildman–Crippen MR) is 131 cm³/mol. The van der Waals surface area contributed by atoms with Gasteiger partial charge in [-0.2, -0.15) is 4.31 Å². The highest BCUT2D eigenvalue weighted by atomic mass is 32.2. The number of amides is 1. The van der Waals surface area contributed by atoms with Gasteiger partial charge in [-0.25, -0.2) is 13.4 Å². The number of morpholine rings is 1. The Balaban J connectivity index is 1.33. The first kappa shape index (κ1) is 25.1. The van der Waals surface area contributed by atoms with Crippen molar-refractivity contribution in [2.75, 3.05) is 39.3 Å². The number of piperidine rings is 1.